The highest BCUT2D eigenvalue weighted by atomic mass is 35.5. The van der Waals surface area contributed by atoms with Gasteiger partial charge in [-0.15, -0.1) is 0 Å². The van der Waals surface area contributed by atoms with Gasteiger partial charge >= 0.3 is 0 Å². The molecule has 0 aliphatic heterocycles. The fourth-order valence-corrected chi connectivity index (χ4v) is 2.22. The Morgan fingerprint density at radius 1 is 1.19 bits per heavy atom. The number of amides is 1. The van der Waals surface area contributed by atoms with Crippen LogP contribution in [-0.2, 0) is 11.3 Å². The van der Waals surface area contributed by atoms with E-state index >= 15 is 0 Å². The first-order valence-corrected chi connectivity index (χ1v) is 7.25. The lowest BCUT2D eigenvalue weighted by Crippen LogP contribution is -2.35. The molecule has 2 aromatic carbocycles. The molecule has 0 aliphatic rings. The summed E-state index contributed by atoms with van der Waals surface area (Å²) < 4.78 is 5.55. The summed E-state index contributed by atoms with van der Waals surface area (Å²) in [4.78, 5) is 12.0. The van der Waals surface area contributed by atoms with Gasteiger partial charge in [0, 0.05) is 16.6 Å². The van der Waals surface area contributed by atoms with Crippen molar-refractivity contribution in [2.45, 2.75) is 19.6 Å². The molecule has 21 heavy (non-hydrogen) atoms. The van der Waals surface area contributed by atoms with Crippen LogP contribution in [0.3, 0.4) is 0 Å². The minimum Gasteiger partial charge on any atom is -0.481 e. The minimum atomic E-state index is -0.585. The maximum Gasteiger partial charge on any atom is 0.261 e. The van der Waals surface area contributed by atoms with Crippen molar-refractivity contribution in [2.24, 2.45) is 0 Å². The van der Waals surface area contributed by atoms with Crippen molar-refractivity contribution in [3.05, 3.63) is 64.1 Å². The van der Waals surface area contributed by atoms with E-state index in [9.17, 15) is 4.79 Å². The Kier molecular flexibility index (Phi) is 5.48. The van der Waals surface area contributed by atoms with E-state index in [1.807, 2.05) is 18.2 Å². The van der Waals surface area contributed by atoms with Gasteiger partial charge in [-0.05, 0) is 36.8 Å². The smallest absolute Gasteiger partial charge is 0.261 e. The number of nitrogens with one attached hydrogen (secondary N) is 1. The zero-order chi connectivity index (χ0) is 15.2. The molecule has 2 rings (SSSR count). The van der Waals surface area contributed by atoms with Crippen molar-refractivity contribution in [1.29, 1.82) is 0 Å². The molecule has 2 aromatic rings. The van der Waals surface area contributed by atoms with Gasteiger partial charge in [-0.25, -0.2) is 0 Å². The second-order valence-corrected chi connectivity index (χ2v) is 5.37. The molecule has 1 atom stereocenters. The average Bonchev–Trinajstić information content (AvgIpc) is 2.47. The lowest BCUT2D eigenvalue weighted by atomic mass is 10.2. The molecule has 0 spiro atoms. The van der Waals surface area contributed by atoms with Gasteiger partial charge in [0.15, 0.2) is 6.10 Å². The first-order chi connectivity index (χ1) is 10.1. The molecule has 1 amide bonds. The van der Waals surface area contributed by atoms with Crippen molar-refractivity contribution >= 4 is 29.1 Å². The van der Waals surface area contributed by atoms with Gasteiger partial charge < -0.3 is 10.1 Å². The summed E-state index contributed by atoms with van der Waals surface area (Å²) in [6.07, 6.45) is -0.585. The van der Waals surface area contributed by atoms with E-state index in [1.54, 1.807) is 37.3 Å². The van der Waals surface area contributed by atoms with E-state index in [2.05, 4.69) is 5.32 Å². The largest absolute Gasteiger partial charge is 0.481 e. The van der Waals surface area contributed by atoms with Gasteiger partial charge in [-0.2, -0.15) is 0 Å². The van der Waals surface area contributed by atoms with Crippen LogP contribution in [0.2, 0.25) is 10.0 Å². The molecule has 3 nitrogen and oxygen atoms in total. The van der Waals surface area contributed by atoms with Gasteiger partial charge in [-0.1, -0.05) is 47.5 Å². The molecule has 0 saturated carbocycles. The van der Waals surface area contributed by atoms with Gasteiger partial charge in [0.1, 0.15) is 5.75 Å². The Morgan fingerprint density at radius 2 is 1.90 bits per heavy atom. The lowest BCUT2D eigenvalue weighted by molar-refractivity contribution is -0.127. The Bertz CT molecular complexity index is 617. The number of hydrogen-bond donors (Lipinski definition) is 1. The van der Waals surface area contributed by atoms with E-state index in [4.69, 9.17) is 27.9 Å². The average molecular weight is 324 g/mol. The van der Waals surface area contributed by atoms with Crippen LogP contribution in [0.5, 0.6) is 5.75 Å². The third-order valence-electron chi connectivity index (χ3n) is 2.89. The van der Waals surface area contributed by atoms with Crippen LogP contribution in [0.25, 0.3) is 0 Å². The van der Waals surface area contributed by atoms with E-state index in [-0.39, 0.29) is 5.91 Å². The van der Waals surface area contributed by atoms with Crippen LogP contribution < -0.4 is 10.1 Å². The molecular weight excluding hydrogens is 309 g/mol. The van der Waals surface area contributed by atoms with Crippen LogP contribution in [0.15, 0.2) is 48.5 Å². The van der Waals surface area contributed by atoms with Crippen LogP contribution in [0.4, 0.5) is 0 Å². The van der Waals surface area contributed by atoms with Crippen molar-refractivity contribution in [2.75, 3.05) is 0 Å². The van der Waals surface area contributed by atoms with Gasteiger partial charge in [-0.3, -0.25) is 4.79 Å². The Hall–Kier alpha value is -1.71. The van der Waals surface area contributed by atoms with Gasteiger partial charge in [0.05, 0.1) is 0 Å². The number of rotatable bonds is 5. The number of halogens is 2. The molecule has 0 aliphatic carbocycles. The Labute approximate surface area is 133 Å². The zero-order valence-electron chi connectivity index (χ0n) is 11.5. The number of ether oxygens (including phenoxy) is 1. The highest BCUT2D eigenvalue weighted by Crippen LogP contribution is 2.20. The van der Waals surface area contributed by atoms with Crippen molar-refractivity contribution in [3.8, 4) is 5.75 Å². The topological polar surface area (TPSA) is 38.3 Å². The molecule has 0 fully saturated rings. The molecule has 0 bridgehead atoms. The van der Waals surface area contributed by atoms with Crippen LogP contribution >= 0.6 is 23.2 Å². The molecule has 5 heteroatoms. The van der Waals surface area contributed by atoms with E-state index in [0.29, 0.717) is 22.3 Å². The number of carbonyl (C=O) groups is 1. The third-order valence-corrected chi connectivity index (χ3v) is 3.48. The fraction of sp³-hybridized carbons (Fsp3) is 0.188. The zero-order valence-corrected chi connectivity index (χ0v) is 13.0. The number of hydrogen-bond acceptors (Lipinski definition) is 2. The molecule has 1 unspecified atom stereocenters. The predicted octanol–water partition coefficient (Wildman–Crippen LogP) is 4.08. The van der Waals surface area contributed by atoms with E-state index < -0.39 is 6.10 Å². The summed E-state index contributed by atoms with van der Waals surface area (Å²) in [5, 5.41) is 3.88. The lowest BCUT2D eigenvalue weighted by Gasteiger charge is -2.15. The third kappa shape index (κ3) is 4.66. The SMILES string of the molecule is CC(Oc1ccccc1)C(=O)NCc1ccc(Cl)cc1Cl. The normalized spacial score (nSPS) is 11.8. The van der Waals surface area contributed by atoms with Gasteiger partial charge in [0.25, 0.3) is 5.91 Å². The van der Waals surface area contributed by atoms with Crippen LogP contribution in [-0.4, -0.2) is 12.0 Å². The summed E-state index contributed by atoms with van der Waals surface area (Å²) in [7, 11) is 0. The summed E-state index contributed by atoms with van der Waals surface area (Å²) in [5.41, 5.74) is 0.807. The maximum absolute atomic E-state index is 12.0. The summed E-state index contributed by atoms with van der Waals surface area (Å²) in [6, 6.07) is 14.4. The van der Waals surface area contributed by atoms with Crippen molar-refractivity contribution in [3.63, 3.8) is 0 Å². The van der Waals surface area contributed by atoms with Gasteiger partial charge in [0.2, 0.25) is 0 Å². The summed E-state index contributed by atoms with van der Waals surface area (Å²) in [5.74, 6) is 0.453. The molecule has 1 N–H and O–H groups in total. The van der Waals surface area contributed by atoms with Crippen LogP contribution in [0.1, 0.15) is 12.5 Å². The second-order valence-electron chi connectivity index (χ2n) is 4.53. The standard InChI is InChI=1S/C16H15Cl2NO2/c1-11(21-14-5-3-2-4-6-14)16(20)19-10-12-7-8-13(17)9-15(12)18/h2-9,11H,10H2,1H3,(H,19,20). The Morgan fingerprint density at radius 3 is 2.57 bits per heavy atom. The minimum absolute atomic E-state index is 0.204. The Balaban J connectivity index is 1.89. The molecule has 0 radical (unpaired) electrons. The number of benzene rings is 2. The predicted molar refractivity (Wildman–Crippen MR) is 84.8 cm³/mol. The van der Waals surface area contributed by atoms with E-state index in [0.717, 1.165) is 5.56 Å². The highest BCUT2D eigenvalue weighted by Gasteiger charge is 2.14. The summed E-state index contributed by atoms with van der Waals surface area (Å²) in [6.45, 7) is 2.03. The number of para-hydroxylation sites is 1. The number of carbonyl (C=O) groups excluding carboxylic acids is 1. The molecule has 0 aromatic heterocycles. The second kappa shape index (κ2) is 7.34. The first-order valence-electron chi connectivity index (χ1n) is 6.49. The monoisotopic (exact) mass is 323 g/mol. The van der Waals surface area contributed by atoms with Crippen molar-refractivity contribution < 1.29 is 9.53 Å². The first kappa shape index (κ1) is 15.7. The highest BCUT2D eigenvalue weighted by molar-refractivity contribution is 6.35. The molecule has 0 heterocycles. The maximum atomic E-state index is 12.0. The quantitative estimate of drug-likeness (QED) is 0.900. The molecular formula is C16H15Cl2NO2. The molecule has 0 saturated heterocycles. The fourth-order valence-electron chi connectivity index (χ4n) is 1.75. The summed E-state index contributed by atoms with van der Waals surface area (Å²) >= 11 is 11.9. The van der Waals surface area contributed by atoms with E-state index in [1.165, 1.54) is 0 Å². The van der Waals surface area contributed by atoms with Crippen molar-refractivity contribution in [1.82, 2.24) is 5.32 Å². The molecule has 110 valence electrons. The van der Waals surface area contributed by atoms with Crippen LogP contribution in [0, 0.1) is 0 Å².